The number of amides is 3. The van der Waals surface area contributed by atoms with Gasteiger partial charge in [-0.25, -0.2) is 0 Å². The zero-order valence-electron chi connectivity index (χ0n) is 21.3. The highest BCUT2D eigenvalue weighted by atomic mass is 16.2. The molecule has 36 heavy (non-hydrogen) atoms. The summed E-state index contributed by atoms with van der Waals surface area (Å²) in [5.41, 5.74) is 17.3. The molecule has 0 aliphatic heterocycles. The van der Waals surface area contributed by atoms with Gasteiger partial charge in [-0.2, -0.15) is 0 Å². The van der Waals surface area contributed by atoms with Gasteiger partial charge in [0, 0.05) is 18.9 Å². The normalized spacial score (nSPS) is 23.5. The number of nitrogens with two attached hydrogens (primary N) is 3. The summed E-state index contributed by atoms with van der Waals surface area (Å²) < 4.78 is 0. The van der Waals surface area contributed by atoms with Gasteiger partial charge in [0.05, 0.1) is 0 Å². The second-order valence-corrected chi connectivity index (χ2v) is 10.6. The van der Waals surface area contributed by atoms with Crippen molar-refractivity contribution in [3.05, 3.63) is 35.9 Å². The Morgan fingerprint density at radius 2 is 1.58 bits per heavy atom. The van der Waals surface area contributed by atoms with Crippen LogP contribution in [-0.2, 0) is 20.8 Å². The lowest BCUT2D eigenvalue weighted by atomic mass is 9.65. The third-order valence-corrected chi connectivity index (χ3v) is 7.81. The number of carbonyl (C=O) groups is 3. The number of nitrogens with zero attached hydrogens (tertiary/aromatic N) is 1. The van der Waals surface area contributed by atoms with Crippen molar-refractivity contribution in [1.82, 2.24) is 10.6 Å². The zero-order valence-corrected chi connectivity index (χ0v) is 21.3. The fourth-order valence-corrected chi connectivity index (χ4v) is 5.83. The number of rotatable bonds is 12. The fourth-order valence-electron chi connectivity index (χ4n) is 5.83. The SMILES string of the molecule is C[C@H](C(=O)N[C@@H](CCCN=C(N)N)C(=O)N[C@@H](Cc1ccccc1)C(N)=O)C1C[C@H]2CCC[C@@H](C1)C2. The van der Waals surface area contributed by atoms with E-state index in [-0.39, 0.29) is 24.2 Å². The van der Waals surface area contributed by atoms with E-state index in [1.807, 2.05) is 37.3 Å². The van der Waals surface area contributed by atoms with Crippen LogP contribution in [-0.4, -0.2) is 42.3 Å². The van der Waals surface area contributed by atoms with E-state index in [4.69, 9.17) is 17.2 Å². The summed E-state index contributed by atoms with van der Waals surface area (Å²) in [4.78, 5) is 42.6. The molecular formula is C27H42N6O3. The molecule has 9 nitrogen and oxygen atoms in total. The summed E-state index contributed by atoms with van der Waals surface area (Å²) in [5.74, 6) is 0.374. The third kappa shape index (κ3) is 8.24. The number of nitrogens with one attached hydrogen (secondary N) is 2. The first-order valence-electron chi connectivity index (χ1n) is 13.2. The van der Waals surface area contributed by atoms with Crippen molar-refractivity contribution in [3.8, 4) is 0 Å². The van der Waals surface area contributed by atoms with Gasteiger partial charge < -0.3 is 27.8 Å². The molecule has 8 N–H and O–H groups in total. The van der Waals surface area contributed by atoms with Gasteiger partial charge in [-0.05, 0) is 55.4 Å². The van der Waals surface area contributed by atoms with Crippen LogP contribution in [0.1, 0.15) is 63.9 Å². The van der Waals surface area contributed by atoms with Crippen LogP contribution in [0.2, 0.25) is 0 Å². The minimum absolute atomic E-state index is 0.0202. The first-order valence-corrected chi connectivity index (χ1v) is 13.2. The number of benzene rings is 1. The minimum atomic E-state index is -0.882. The molecule has 2 aliphatic rings. The molecule has 1 aromatic rings. The van der Waals surface area contributed by atoms with Crippen molar-refractivity contribution in [2.75, 3.05) is 6.54 Å². The smallest absolute Gasteiger partial charge is 0.243 e. The number of guanidine groups is 1. The first kappa shape index (κ1) is 27.5. The van der Waals surface area contributed by atoms with Crippen LogP contribution >= 0.6 is 0 Å². The Bertz CT molecular complexity index is 905. The standard InChI is InChI=1S/C27H42N6O3/c1-17(21-14-19-9-5-10-20(13-19)15-21)25(35)32-22(11-6-12-31-27(29)30)26(36)33-23(24(28)34)16-18-7-3-2-4-8-18/h2-4,7-8,17,19-23H,5-6,9-16H2,1H3,(H2,28,34)(H,32,35)(H,33,36)(H4,29,30,31)/t17-,19-,20+,21?,22-,23-/m0/s1. The van der Waals surface area contributed by atoms with Gasteiger partial charge in [-0.15, -0.1) is 0 Å². The van der Waals surface area contributed by atoms with E-state index < -0.39 is 23.9 Å². The van der Waals surface area contributed by atoms with Crippen molar-refractivity contribution in [1.29, 1.82) is 0 Å². The molecule has 3 rings (SSSR count). The number of carbonyl (C=O) groups excluding carboxylic acids is 3. The summed E-state index contributed by atoms with van der Waals surface area (Å²) in [6.45, 7) is 2.31. The largest absolute Gasteiger partial charge is 0.370 e. The molecule has 3 amide bonds. The van der Waals surface area contributed by atoms with Crippen molar-refractivity contribution >= 4 is 23.7 Å². The molecule has 0 aromatic heterocycles. The quantitative estimate of drug-likeness (QED) is 0.167. The Labute approximate surface area is 214 Å². The van der Waals surface area contributed by atoms with E-state index in [2.05, 4.69) is 15.6 Å². The second-order valence-electron chi connectivity index (χ2n) is 10.6. The van der Waals surface area contributed by atoms with Crippen LogP contribution in [0.5, 0.6) is 0 Å². The molecule has 198 valence electrons. The Hall–Kier alpha value is -3.10. The first-order chi connectivity index (χ1) is 17.2. The zero-order chi connectivity index (χ0) is 26.1. The molecule has 2 bridgehead atoms. The Balaban J connectivity index is 1.65. The van der Waals surface area contributed by atoms with E-state index in [1.54, 1.807) is 0 Å². The second kappa shape index (κ2) is 13.3. The average Bonchev–Trinajstić information content (AvgIpc) is 2.84. The fraction of sp³-hybridized carbons (Fsp3) is 0.630. The summed E-state index contributed by atoms with van der Waals surface area (Å²) in [6, 6.07) is 7.66. The van der Waals surface area contributed by atoms with Crippen molar-refractivity contribution in [3.63, 3.8) is 0 Å². The summed E-state index contributed by atoms with van der Waals surface area (Å²) in [7, 11) is 0. The summed E-state index contributed by atoms with van der Waals surface area (Å²) in [6.07, 6.45) is 8.37. The van der Waals surface area contributed by atoms with Crippen LogP contribution in [0, 0.1) is 23.7 Å². The highest BCUT2D eigenvalue weighted by Gasteiger charge is 2.37. The number of fused-ring (bicyclic) bond motifs is 2. The van der Waals surface area contributed by atoms with Crippen LogP contribution in [0.3, 0.4) is 0 Å². The molecule has 0 radical (unpaired) electrons. The number of primary amides is 1. The molecule has 2 saturated carbocycles. The van der Waals surface area contributed by atoms with Crippen LogP contribution in [0.15, 0.2) is 35.3 Å². The maximum Gasteiger partial charge on any atom is 0.243 e. The lowest BCUT2D eigenvalue weighted by Gasteiger charge is -2.41. The minimum Gasteiger partial charge on any atom is -0.370 e. The highest BCUT2D eigenvalue weighted by Crippen LogP contribution is 2.44. The summed E-state index contributed by atoms with van der Waals surface area (Å²) >= 11 is 0. The van der Waals surface area contributed by atoms with Gasteiger partial charge in [0.25, 0.3) is 0 Å². The molecule has 2 aliphatic carbocycles. The van der Waals surface area contributed by atoms with Gasteiger partial charge in [-0.3, -0.25) is 19.4 Å². The van der Waals surface area contributed by atoms with Crippen molar-refractivity contribution in [2.24, 2.45) is 45.9 Å². The van der Waals surface area contributed by atoms with Gasteiger partial charge in [-0.1, -0.05) is 56.5 Å². The topological polar surface area (TPSA) is 166 Å². The Morgan fingerprint density at radius 1 is 0.944 bits per heavy atom. The number of hydrogen-bond acceptors (Lipinski definition) is 4. The molecule has 1 unspecified atom stereocenters. The van der Waals surface area contributed by atoms with Crippen LogP contribution < -0.4 is 27.8 Å². The molecule has 0 saturated heterocycles. The maximum atomic E-state index is 13.3. The molecule has 9 heteroatoms. The number of hydrogen-bond donors (Lipinski definition) is 5. The number of aliphatic imine (C=N–C) groups is 1. The monoisotopic (exact) mass is 498 g/mol. The average molecular weight is 499 g/mol. The third-order valence-electron chi connectivity index (χ3n) is 7.81. The van der Waals surface area contributed by atoms with Crippen molar-refractivity contribution in [2.45, 2.75) is 76.8 Å². The lowest BCUT2D eigenvalue weighted by Crippen LogP contribution is -2.54. The molecule has 0 spiro atoms. The predicted molar refractivity (Wildman–Crippen MR) is 140 cm³/mol. The van der Waals surface area contributed by atoms with Gasteiger partial charge in [0.1, 0.15) is 12.1 Å². The van der Waals surface area contributed by atoms with E-state index in [0.717, 1.165) is 18.4 Å². The summed E-state index contributed by atoms with van der Waals surface area (Å²) in [5, 5.41) is 5.72. The highest BCUT2D eigenvalue weighted by molar-refractivity contribution is 5.92. The van der Waals surface area contributed by atoms with E-state index in [9.17, 15) is 14.4 Å². The predicted octanol–water partition coefficient (Wildman–Crippen LogP) is 1.59. The van der Waals surface area contributed by atoms with E-state index in [0.29, 0.717) is 37.1 Å². The molecule has 1 aromatic carbocycles. The van der Waals surface area contributed by atoms with E-state index in [1.165, 1.54) is 25.7 Å². The van der Waals surface area contributed by atoms with Gasteiger partial charge in [0.15, 0.2) is 5.96 Å². The van der Waals surface area contributed by atoms with Gasteiger partial charge in [0.2, 0.25) is 17.7 Å². The van der Waals surface area contributed by atoms with E-state index >= 15 is 0 Å². The molecule has 0 heterocycles. The maximum absolute atomic E-state index is 13.3. The van der Waals surface area contributed by atoms with Crippen molar-refractivity contribution < 1.29 is 14.4 Å². The van der Waals surface area contributed by atoms with Crippen LogP contribution in [0.4, 0.5) is 0 Å². The molecule has 6 atom stereocenters. The van der Waals surface area contributed by atoms with Gasteiger partial charge >= 0.3 is 0 Å². The molecular weight excluding hydrogens is 456 g/mol. The Morgan fingerprint density at radius 3 is 2.19 bits per heavy atom. The molecule has 2 fully saturated rings. The lowest BCUT2D eigenvalue weighted by molar-refractivity contribution is -0.134. The van der Waals surface area contributed by atoms with Crippen LogP contribution in [0.25, 0.3) is 0 Å². The Kier molecular flexibility index (Phi) is 10.1.